The van der Waals surface area contributed by atoms with E-state index in [2.05, 4.69) is 11.8 Å². The predicted molar refractivity (Wildman–Crippen MR) is 75.7 cm³/mol. The Morgan fingerprint density at radius 2 is 2.11 bits per heavy atom. The largest absolute Gasteiger partial charge is 0.380 e. The van der Waals surface area contributed by atoms with Crippen LogP contribution in [-0.4, -0.2) is 43.2 Å². The lowest BCUT2D eigenvalue weighted by atomic mass is 9.72. The normalized spacial score (nSPS) is 32.8. The fraction of sp³-hybridized carbons (Fsp3) is 0.933. The van der Waals surface area contributed by atoms with Crippen molar-refractivity contribution in [3.63, 3.8) is 0 Å². The van der Waals surface area contributed by atoms with Crippen LogP contribution >= 0.6 is 0 Å². The second-order valence-electron chi connectivity index (χ2n) is 6.17. The summed E-state index contributed by atoms with van der Waals surface area (Å²) in [6, 6.07) is 0.472. The summed E-state index contributed by atoms with van der Waals surface area (Å²) in [5.41, 5.74) is 5.62. The van der Waals surface area contributed by atoms with Crippen LogP contribution in [-0.2, 0) is 9.53 Å². The number of amides is 1. The van der Waals surface area contributed by atoms with Crippen molar-refractivity contribution in [3.05, 3.63) is 0 Å². The minimum Gasteiger partial charge on any atom is -0.380 e. The summed E-state index contributed by atoms with van der Waals surface area (Å²) < 4.78 is 5.25. The molecule has 0 bridgehead atoms. The van der Waals surface area contributed by atoms with E-state index in [0.29, 0.717) is 24.9 Å². The fourth-order valence-corrected chi connectivity index (χ4v) is 3.80. The molecular weight excluding hydrogens is 240 g/mol. The Balaban J connectivity index is 2.00. The van der Waals surface area contributed by atoms with E-state index in [9.17, 15) is 4.79 Å². The van der Waals surface area contributed by atoms with Gasteiger partial charge in [0.1, 0.15) is 0 Å². The van der Waals surface area contributed by atoms with Crippen molar-refractivity contribution in [1.29, 1.82) is 0 Å². The third kappa shape index (κ3) is 3.29. The van der Waals surface area contributed by atoms with Gasteiger partial charge in [0.25, 0.3) is 0 Å². The van der Waals surface area contributed by atoms with Crippen LogP contribution in [0, 0.1) is 11.8 Å². The monoisotopic (exact) mass is 268 g/mol. The van der Waals surface area contributed by atoms with Gasteiger partial charge >= 0.3 is 0 Å². The van der Waals surface area contributed by atoms with E-state index in [4.69, 9.17) is 10.5 Å². The van der Waals surface area contributed by atoms with Crippen molar-refractivity contribution in [3.8, 4) is 0 Å². The van der Waals surface area contributed by atoms with Gasteiger partial charge in [-0.3, -0.25) is 4.79 Å². The maximum Gasteiger partial charge on any atom is 0.225 e. The molecule has 1 amide bonds. The van der Waals surface area contributed by atoms with Crippen molar-refractivity contribution in [1.82, 2.24) is 4.90 Å². The van der Waals surface area contributed by atoms with E-state index in [0.717, 1.165) is 18.9 Å². The summed E-state index contributed by atoms with van der Waals surface area (Å²) in [5, 5.41) is 0. The number of nitrogens with two attached hydrogens (primary N) is 1. The van der Waals surface area contributed by atoms with Gasteiger partial charge in [-0.2, -0.15) is 0 Å². The number of ether oxygens (including phenoxy) is 1. The van der Waals surface area contributed by atoms with Crippen molar-refractivity contribution in [2.75, 3.05) is 20.2 Å². The topological polar surface area (TPSA) is 55.6 Å². The van der Waals surface area contributed by atoms with Crippen molar-refractivity contribution < 1.29 is 9.53 Å². The number of piperidine rings is 1. The predicted octanol–water partition coefficient (Wildman–Crippen LogP) is 1.78. The minimum atomic E-state index is -0.131. The van der Waals surface area contributed by atoms with Gasteiger partial charge in [0.15, 0.2) is 0 Å². The van der Waals surface area contributed by atoms with E-state index < -0.39 is 0 Å². The molecule has 0 spiro atoms. The quantitative estimate of drug-likeness (QED) is 0.845. The number of nitrogens with zero attached hydrogens (tertiary/aromatic N) is 1. The Bertz CT molecular complexity index is 305. The molecule has 1 aliphatic heterocycles. The van der Waals surface area contributed by atoms with Crippen molar-refractivity contribution >= 4 is 5.91 Å². The Morgan fingerprint density at radius 1 is 1.37 bits per heavy atom. The lowest BCUT2D eigenvalue weighted by Crippen LogP contribution is -2.53. The first kappa shape index (κ1) is 14.8. The van der Waals surface area contributed by atoms with Crippen LogP contribution in [0.25, 0.3) is 0 Å². The van der Waals surface area contributed by atoms with E-state index in [1.54, 1.807) is 7.11 Å². The lowest BCUT2D eigenvalue weighted by molar-refractivity contribution is -0.141. The maximum absolute atomic E-state index is 12.5. The van der Waals surface area contributed by atoms with Crippen LogP contribution in [0.15, 0.2) is 0 Å². The van der Waals surface area contributed by atoms with E-state index in [1.165, 1.54) is 25.7 Å². The molecule has 2 aliphatic rings. The summed E-state index contributed by atoms with van der Waals surface area (Å²) in [7, 11) is 1.63. The smallest absolute Gasteiger partial charge is 0.225 e. The zero-order valence-corrected chi connectivity index (χ0v) is 12.3. The first-order valence-corrected chi connectivity index (χ1v) is 7.69. The molecule has 110 valence electrons. The molecule has 0 aromatic heterocycles. The van der Waals surface area contributed by atoms with Crippen LogP contribution in [0.2, 0.25) is 0 Å². The molecule has 1 saturated carbocycles. The number of carbonyl (C=O) groups is 1. The molecule has 4 heteroatoms. The standard InChI is InChI=1S/C15H28N2O2/c1-11-7-8-17(14-6-4-3-5-13(11)14)15(18)9-12(10-16)19-2/h11-14H,3-10,16H2,1-2H3. The van der Waals surface area contributed by atoms with Gasteiger partial charge in [0.2, 0.25) is 5.91 Å². The fourth-order valence-electron chi connectivity index (χ4n) is 3.80. The molecule has 1 heterocycles. The highest BCUT2D eigenvalue weighted by Crippen LogP contribution is 2.39. The first-order valence-electron chi connectivity index (χ1n) is 7.69. The van der Waals surface area contributed by atoms with E-state index in [1.807, 2.05) is 0 Å². The highest BCUT2D eigenvalue weighted by Gasteiger charge is 2.39. The lowest BCUT2D eigenvalue weighted by Gasteiger charge is -2.47. The highest BCUT2D eigenvalue weighted by atomic mass is 16.5. The summed E-state index contributed by atoms with van der Waals surface area (Å²) in [6.45, 7) is 3.69. The summed E-state index contributed by atoms with van der Waals surface area (Å²) in [4.78, 5) is 14.6. The zero-order valence-electron chi connectivity index (χ0n) is 12.3. The van der Waals surface area contributed by atoms with Gasteiger partial charge in [0, 0.05) is 26.2 Å². The van der Waals surface area contributed by atoms with E-state index in [-0.39, 0.29) is 12.0 Å². The molecule has 4 atom stereocenters. The Morgan fingerprint density at radius 3 is 2.79 bits per heavy atom. The third-order valence-corrected chi connectivity index (χ3v) is 5.06. The molecule has 19 heavy (non-hydrogen) atoms. The molecule has 0 aromatic rings. The van der Waals surface area contributed by atoms with Gasteiger partial charge in [-0.1, -0.05) is 19.8 Å². The average Bonchev–Trinajstić information content (AvgIpc) is 2.45. The molecule has 4 nitrogen and oxygen atoms in total. The molecular formula is C15H28N2O2. The Kier molecular flexibility index (Phi) is 5.22. The highest BCUT2D eigenvalue weighted by molar-refractivity contribution is 5.77. The summed E-state index contributed by atoms with van der Waals surface area (Å²) in [6.07, 6.45) is 6.52. The van der Waals surface area contributed by atoms with Gasteiger partial charge < -0.3 is 15.4 Å². The van der Waals surface area contributed by atoms with Gasteiger partial charge in [-0.15, -0.1) is 0 Å². The number of fused-ring (bicyclic) bond motifs is 1. The average molecular weight is 268 g/mol. The summed E-state index contributed by atoms with van der Waals surface area (Å²) in [5.74, 6) is 1.72. The summed E-state index contributed by atoms with van der Waals surface area (Å²) >= 11 is 0. The van der Waals surface area contributed by atoms with Gasteiger partial charge in [0.05, 0.1) is 12.5 Å². The number of hydrogen-bond donors (Lipinski definition) is 1. The Hall–Kier alpha value is -0.610. The molecule has 2 N–H and O–H groups in total. The van der Waals surface area contributed by atoms with Gasteiger partial charge in [-0.25, -0.2) is 0 Å². The minimum absolute atomic E-state index is 0.131. The SMILES string of the molecule is COC(CN)CC(=O)N1CCC(C)C2CCCCC21. The first-order chi connectivity index (χ1) is 9.17. The molecule has 0 aromatic carbocycles. The number of methoxy groups -OCH3 is 1. The molecule has 0 radical (unpaired) electrons. The van der Waals surface area contributed by atoms with Crippen LogP contribution in [0.4, 0.5) is 0 Å². The maximum atomic E-state index is 12.5. The van der Waals surface area contributed by atoms with Crippen molar-refractivity contribution in [2.45, 2.75) is 57.6 Å². The van der Waals surface area contributed by atoms with E-state index >= 15 is 0 Å². The molecule has 1 saturated heterocycles. The molecule has 2 fully saturated rings. The Labute approximate surface area is 116 Å². The second kappa shape index (κ2) is 6.71. The molecule has 4 unspecified atom stereocenters. The zero-order chi connectivity index (χ0) is 13.8. The van der Waals surface area contributed by atoms with Crippen LogP contribution in [0.5, 0.6) is 0 Å². The third-order valence-electron chi connectivity index (χ3n) is 5.06. The number of likely N-dealkylation sites (tertiary alicyclic amines) is 1. The number of rotatable bonds is 4. The molecule has 2 rings (SSSR count). The van der Waals surface area contributed by atoms with Crippen molar-refractivity contribution in [2.24, 2.45) is 17.6 Å². The van der Waals surface area contributed by atoms with Crippen LogP contribution in [0.1, 0.15) is 45.4 Å². The molecule has 1 aliphatic carbocycles. The van der Waals surface area contributed by atoms with Crippen LogP contribution < -0.4 is 5.73 Å². The number of hydrogen-bond acceptors (Lipinski definition) is 3. The number of carbonyl (C=O) groups excluding carboxylic acids is 1. The van der Waals surface area contributed by atoms with Gasteiger partial charge in [-0.05, 0) is 31.1 Å². The second-order valence-corrected chi connectivity index (χ2v) is 6.17. The van der Waals surface area contributed by atoms with Crippen LogP contribution in [0.3, 0.4) is 0 Å².